The van der Waals surface area contributed by atoms with Gasteiger partial charge in [-0.3, -0.25) is 0 Å². The summed E-state index contributed by atoms with van der Waals surface area (Å²) >= 11 is 0. The zero-order chi connectivity index (χ0) is 9.97. The molecule has 1 N–H and O–H groups in total. The minimum atomic E-state index is -0.184. The summed E-state index contributed by atoms with van der Waals surface area (Å²) in [4.78, 5) is 0. The molecule has 1 heteroatoms. The highest BCUT2D eigenvalue weighted by molar-refractivity contribution is 5.21. The molecule has 0 aromatic carbocycles. The summed E-state index contributed by atoms with van der Waals surface area (Å²) in [6, 6.07) is 0. The van der Waals surface area contributed by atoms with Crippen molar-refractivity contribution in [2.24, 2.45) is 5.92 Å². The first-order chi connectivity index (χ1) is 6.74. The second-order valence-electron chi connectivity index (χ2n) is 4.87. The van der Waals surface area contributed by atoms with E-state index >= 15 is 0 Å². The summed E-state index contributed by atoms with van der Waals surface area (Å²) in [6.45, 7) is 2.24. The van der Waals surface area contributed by atoms with Gasteiger partial charge < -0.3 is 5.11 Å². The summed E-state index contributed by atoms with van der Waals surface area (Å²) in [7, 11) is 0. The third-order valence-electron chi connectivity index (χ3n) is 3.27. The van der Waals surface area contributed by atoms with Crippen LogP contribution in [0.3, 0.4) is 0 Å². The van der Waals surface area contributed by atoms with Gasteiger partial charge in [-0.15, -0.1) is 0 Å². The smallest absolute Gasteiger partial charge is 0.0726 e. The molecular formula is C13H20O. The molecule has 0 amide bonds. The molecule has 1 nitrogen and oxygen atoms in total. The SMILES string of the molecule is CC1CC(CC2=CCCC2)=CC(O)C1. The molecule has 2 aliphatic rings. The van der Waals surface area contributed by atoms with Crippen molar-refractivity contribution in [1.82, 2.24) is 0 Å². The van der Waals surface area contributed by atoms with E-state index in [0.717, 1.165) is 12.8 Å². The Bertz CT molecular complexity index is 262. The average molecular weight is 192 g/mol. The second kappa shape index (κ2) is 4.31. The van der Waals surface area contributed by atoms with E-state index in [4.69, 9.17) is 0 Å². The Balaban J connectivity index is 1.96. The van der Waals surface area contributed by atoms with Crippen LogP contribution in [0.5, 0.6) is 0 Å². The van der Waals surface area contributed by atoms with Crippen molar-refractivity contribution in [1.29, 1.82) is 0 Å². The van der Waals surface area contributed by atoms with Crippen molar-refractivity contribution >= 4 is 0 Å². The molecule has 0 heterocycles. The molecule has 2 aliphatic carbocycles. The fourth-order valence-corrected chi connectivity index (χ4v) is 2.67. The number of aliphatic hydroxyl groups is 1. The van der Waals surface area contributed by atoms with Crippen LogP contribution < -0.4 is 0 Å². The van der Waals surface area contributed by atoms with Crippen LogP contribution in [0.2, 0.25) is 0 Å². The molecule has 0 aromatic heterocycles. The Morgan fingerprint density at radius 3 is 2.93 bits per heavy atom. The van der Waals surface area contributed by atoms with E-state index in [1.165, 1.54) is 31.3 Å². The molecule has 14 heavy (non-hydrogen) atoms. The standard InChI is InChI=1S/C13H20O/c1-10-6-12(9-13(14)7-10)8-11-4-2-3-5-11/h4,9-10,13-14H,2-3,5-8H2,1H3. The number of hydrogen-bond donors (Lipinski definition) is 1. The maximum absolute atomic E-state index is 9.63. The predicted molar refractivity (Wildman–Crippen MR) is 59.0 cm³/mol. The Morgan fingerprint density at radius 2 is 2.29 bits per heavy atom. The van der Waals surface area contributed by atoms with Gasteiger partial charge >= 0.3 is 0 Å². The normalized spacial score (nSPS) is 32.7. The zero-order valence-electron chi connectivity index (χ0n) is 9.00. The molecule has 0 spiro atoms. The molecule has 0 fully saturated rings. The maximum atomic E-state index is 9.63. The predicted octanol–water partition coefficient (Wildman–Crippen LogP) is 3.20. The third kappa shape index (κ3) is 2.48. The van der Waals surface area contributed by atoms with Crippen LogP contribution in [-0.2, 0) is 0 Å². The van der Waals surface area contributed by atoms with E-state index < -0.39 is 0 Å². The van der Waals surface area contributed by atoms with Crippen molar-refractivity contribution in [3.8, 4) is 0 Å². The van der Waals surface area contributed by atoms with Crippen molar-refractivity contribution < 1.29 is 5.11 Å². The van der Waals surface area contributed by atoms with Crippen LogP contribution in [0.25, 0.3) is 0 Å². The first kappa shape index (κ1) is 9.97. The van der Waals surface area contributed by atoms with E-state index in [-0.39, 0.29) is 6.10 Å². The second-order valence-corrected chi connectivity index (χ2v) is 4.87. The Morgan fingerprint density at radius 1 is 1.43 bits per heavy atom. The molecule has 2 unspecified atom stereocenters. The molecule has 0 aliphatic heterocycles. The number of aliphatic hydroxyl groups excluding tert-OH is 1. The van der Waals surface area contributed by atoms with Gasteiger partial charge in [-0.25, -0.2) is 0 Å². The quantitative estimate of drug-likeness (QED) is 0.666. The molecule has 0 saturated heterocycles. The summed E-state index contributed by atoms with van der Waals surface area (Å²) in [5.41, 5.74) is 3.06. The van der Waals surface area contributed by atoms with Crippen LogP contribution in [0, 0.1) is 5.92 Å². The molecule has 0 aromatic rings. The molecule has 0 radical (unpaired) electrons. The molecule has 0 saturated carbocycles. The summed E-state index contributed by atoms with van der Waals surface area (Å²) in [5, 5.41) is 9.63. The topological polar surface area (TPSA) is 20.2 Å². The van der Waals surface area contributed by atoms with Crippen LogP contribution in [-0.4, -0.2) is 11.2 Å². The lowest BCUT2D eigenvalue weighted by Crippen LogP contribution is -2.16. The lowest BCUT2D eigenvalue weighted by molar-refractivity contribution is 0.180. The summed E-state index contributed by atoms with van der Waals surface area (Å²) < 4.78 is 0. The highest BCUT2D eigenvalue weighted by Crippen LogP contribution is 2.31. The molecule has 2 atom stereocenters. The van der Waals surface area contributed by atoms with E-state index in [0.29, 0.717) is 5.92 Å². The van der Waals surface area contributed by atoms with Crippen LogP contribution >= 0.6 is 0 Å². The Hall–Kier alpha value is -0.560. The van der Waals surface area contributed by atoms with Crippen molar-refractivity contribution in [3.05, 3.63) is 23.3 Å². The maximum Gasteiger partial charge on any atom is 0.0726 e. The highest BCUT2D eigenvalue weighted by atomic mass is 16.3. The van der Waals surface area contributed by atoms with E-state index in [2.05, 4.69) is 19.1 Å². The van der Waals surface area contributed by atoms with Crippen LogP contribution in [0.15, 0.2) is 23.3 Å². The van der Waals surface area contributed by atoms with Crippen LogP contribution in [0.1, 0.15) is 45.4 Å². The Kier molecular flexibility index (Phi) is 3.07. The van der Waals surface area contributed by atoms with Crippen LogP contribution in [0.4, 0.5) is 0 Å². The highest BCUT2D eigenvalue weighted by Gasteiger charge is 2.18. The lowest BCUT2D eigenvalue weighted by atomic mass is 9.86. The molecule has 0 bridgehead atoms. The summed E-state index contributed by atoms with van der Waals surface area (Å²) in [6.07, 6.45) is 11.4. The summed E-state index contributed by atoms with van der Waals surface area (Å²) in [5.74, 6) is 0.659. The largest absolute Gasteiger partial charge is 0.389 e. The van der Waals surface area contributed by atoms with Gasteiger partial charge in [0.2, 0.25) is 0 Å². The minimum Gasteiger partial charge on any atom is -0.389 e. The van der Waals surface area contributed by atoms with E-state index in [1.807, 2.05) is 0 Å². The van der Waals surface area contributed by atoms with Gasteiger partial charge in [0, 0.05) is 0 Å². The Labute approximate surface area is 86.5 Å². The van der Waals surface area contributed by atoms with Gasteiger partial charge in [-0.1, -0.05) is 30.2 Å². The van der Waals surface area contributed by atoms with Gasteiger partial charge in [-0.2, -0.15) is 0 Å². The van der Waals surface area contributed by atoms with Crippen molar-refractivity contribution in [2.75, 3.05) is 0 Å². The molecule has 2 rings (SSSR count). The van der Waals surface area contributed by atoms with Gasteiger partial charge in [0.15, 0.2) is 0 Å². The number of rotatable bonds is 2. The first-order valence-corrected chi connectivity index (χ1v) is 5.79. The van der Waals surface area contributed by atoms with Crippen molar-refractivity contribution in [3.63, 3.8) is 0 Å². The van der Waals surface area contributed by atoms with Crippen molar-refractivity contribution in [2.45, 2.75) is 51.6 Å². The molecular weight excluding hydrogens is 172 g/mol. The zero-order valence-corrected chi connectivity index (χ0v) is 9.00. The van der Waals surface area contributed by atoms with Gasteiger partial charge in [0.05, 0.1) is 6.10 Å². The molecule has 78 valence electrons. The van der Waals surface area contributed by atoms with Gasteiger partial charge in [0.1, 0.15) is 0 Å². The monoisotopic (exact) mass is 192 g/mol. The average Bonchev–Trinajstić information content (AvgIpc) is 2.54. The third-order valence-corrected chi connectivity index (χ3v) is 3.27. The number of allylic oxidation sites excluding steroid dienone is 3. The fraction of sp³-hybridized carbons (Fsp3) is 0.692. The minimum absolute atomic E-state index is 0.184. The van der Waals surface area contributed by atoms with E-state index in [9.17, 15) is 5.11 Å². The first-order valence-electron chi connectivity index (χ1n) is 5.79. The van der Waals surface area contributed by atoms with Gasteiger partial charge in [-0.05, 0) is 44.4 Å². The number of hydrogen-bond acceptors (Lipinski definition) is 1. The van der Waals surface area contributed by atoms with E-state index in [1.54, 1.807) is 5.57 Å². The fourth-order valence-electron chi connectivity index (χ4n) is 2.67. The van der Waals surface area contributed by atoms with Gasteiger partial charge in [0.25, 0.3) is 0 Å². The lowest BCUT2D eigenvalue weighted by Gasteiger charge is -2.23.